The SMILES string of the molecule is Cc1nncn1-c1ccccc1NC(=O)c1cccc(NC(=O)[C@H]2C[C@H]2C)c1. The number of benzene rings is 2. The maximum absolute atomic E-state index is 12.8. The first-order chi connectivity index (χ1) is 13.5. The number of aryl methyl sites for hydroxylation is 1. The van der Waals surface area contributed by atoms with Crippen molar-refractivity contribution in [2.75, 3.05) is 10.6 Å². The summed E-state index contributed by atoms with van der Waals surface area (Å²) in [5.74, 6) is 0.994. The number of rotatable bonds is 5. The molecule has 2 N–H and O–H groups in total. The first-order valence-corrected chi connectivity index (χ1v) is 9.21. The molecule has 3 aromatic rings. The van der Waals surface area contributed by atoms with Gasteiger partial charge in [0.05, 0.1) is 11.4 Å². The predicted octanol–water partition coefficient (Wildman–Crippen LogP) is 3.42. The lowest BCUT2D eigenvalue weighted by Gasteiger charge is -2.13. The maximum Gasteiger partial charge on any atom is 0.255 e. The molecule has 1 fully saturated rings. The Morgan fingerprint density at radius 3 is 2.61 bits per heavy atom. The van der Waals surface area contributed by atoms with Gasteiger partial charge in [0.25, 0.3) is 5.91 Å². The van der Waals surface area contributed by atoms with E-state index in [0.717, 1.165) is 17.9 Å². The van der Waals surface area contributed by atoms with Gasteiger partial charge in [0, 0.05) is 17.2 Å². The summed E-state index contributed by atoms with van der Waals surface area (Å²) >= 11 is 0. The van der Waals surface area contributed by atoms with Crippen LogP contribution in [0.5, 0.6) is 0 Å². The number of nitrogens with one attached hydrogen (secondary N) is 2. The monoisotopic (exact) mass is 375 g/mol. The molecule has 7 heteroatoms. The van der Waals surface area contributed by atoms with Gasteiger partial charge >= 0.3 is 0 Å². The van der Waals surface area contributed by atoms with Crippen molar-refractivity contribution in [3.63, 3.8) is 0 Å². The number of amides is 2. The normalized spacial score (nSPS) is 17.8. The van der Waals surface area contributed by atoms with Crippen molar-refractivity contribution >= 4 is 23.2 Å². The summed E-state index contributed by atoms with van der Waals surface area (Å²) in [6.45, 7) is 3.90. The lowest BCUT2D eigenvalue weighted by Crippen LogP contribution is -2.16. The third kappa shape index (κ3) is 3.64. The van der Waals surface area contributed by atoms with Gasteiger partial charge in [-0.25, -0.2) is 0 Å². The van der Waals surface area contributed by atoms with Crippen molar-refractivity contribution in [3.8, 4) is 5.69 Å². The molecular weight excluding hydrogens is 354 g/mol. The molecule has 4 rings (SSSR count). The van der Waals surface area contributed by atoms with Crippen molar-refractivity contribution in [2.45, 2.75) is 20.3 Å². The first kappa shape index (κ1) is 17.9. The Kier molecular flexibility index (Phi) is 4.65. The van der Waals surface area contributed by atoms with E-state index in [9.17, 15) is 9.59 Å². The Bertz CT molecular complexity index is 1040. The summed E-state index contributed by atoms with van der Waals surface area (Å²) in [5, 5.41) is 13.7. The van der Waals surface area contributed by atoms with E-state index in [0.29, 0.717) is 22.9 Å². The van der Waals surface area contributed by atoms with E-state index in [4.69, 9.17) is 0 Å². The smallest absolute Gasteiger partial charge is 0.255 e. The standard InChI is InChI=1S/C21H21N5O2/c1-13-10-17(13)21(28)23-16-7-5-6-15(11-16)20(27)24-18-8-3-4-9-19(18)26-12-22-25-14(26)2/h3-9,11-13,17H,10H2,1-2H3,(H,23,28)(H,24,27)/t13-,17+/m1/s1. The number of para-hydroxylation sites is 2. The molecular formula is C21H21N5O2. The van der Waals surface area contributed by atoms with Crippen LogP contribution in [0.4, 0.5) is 11.4 Å². The van der Waals surface area contributed by atoms with E-state index >= 15 is 0 Å². The van der Waals surface area contributed by atoms with Crippen LogP contribution in [0.2, 0.25) is 0 Å². The fraction of sp³-hybridized carbons (Fsp3) is 0.238. The molecule has 142 valence electrons. The van der Waals surface area contributed by atoms with Gasteiger partial charge in [0.2, 0.25) is 5.91 Å². The van der Waals surface area contributed by atoms with Crippen molar-refractivity contribution in [1.82, 2.24) is 14.8 Å². The van der Waals surface area contributed by atoms with E-state index in [1.807, 2.05) is 35.8 Å². The Morgan fingerprint density at radius 2 is 1.89 bits per heavy atom. The summed E-state index contributed by atoms with van der Waals surface area (Å²) < 4.78 is 1.81. The van der Waals surface area contributed by atoms with E-state index in [1.54, 1.807) is 30.6 Å². The number of aromatic nitrogens is 3. The molecule has 1 aliphatic carbocycles. The quantitative estimate of drug-likeness (QED) is 0.715. The van der Waals surface area contributed by atoms with Gasteiger partial charge < -0.3 is 10.6 Å². The summed E-state index contributed by atoms with van der Waals surface area (Å²) in [4.78, 5) is 24.9. The Labute approximate surface area is 162 Å². The zero-order valence-electron chi connectivity index (χ0n) is 15.7. The van der Waals surface area contributed by atoms with Crippen LogP contribution < -0.4 is 10.6 Å². The summed E-state index contributed by atoms with van der Waals surface area (Å²) in [7, 11) is 0. The van der Waals surface area contributed by atoms with Gasteiger partial charge in [0.15, 0.2) is 0 Å². The van der Waals surface area contributed by atoms with Gasteiger partial charge in [-0.05, 0) is 49.6 Å². The molecule has 1 aliphatic rings. The van der Waals surface area contributed by atoms with Gasteiger partial charge in [-0.2, -0.15) is 0 Å². The third-order valence-electron chi connectivity index (χ3n) is 4.97. The average molecular weight is 375 g/mol. The maximum atomic E-state index is 12.8. The van der Waals surface area contributed by atoms with E-state index in [1.165, 1.54) is 0 Å². The minimum absolute atomic E-state index is 0.0125. The van der Waals surface area contributed by atoms with Crippen molar-refractivity contribution in [1.29, 1.82) is 0 Å². The van der Waals surface area contributed by atoms with Gasteiger partial charge in [0.1, 0.15) is 12.2 Å². The lowest BCUT2D eigenvalue weighted by atomic mass is 10.1. The highest BCUT2D eigenvalue weighted by Gasteiger charge is 2.39. The molecule has 0 radical (unpaired) electrons. The zero-order chi connectivity index (χ0) is 19.7. The number of anilines is 2. The van der Waals surface area contributed by atoms with E-state index in [-0.39, 0.29) is 17.7 Å². The summed E-state index contributed by atoms with van der Waals surface area (Å²) in [5.41, 5.74) is 2.53. The highest BCUT2D eigenvalue weighted by Crippen LogP contribution is 2.38. The third-order valence-corrected chi connectivity index (χ3v) is 4.97. The van der Waals surface area contributed by atoms with Crippen molar-refractivity contribution in [2.24, 2.45) is 11.8 Å². The molecule has 1 aromatic heterocycles. The minimum atomic E-state index is -0.255. The minimum Gasteiger partial charge on any atom is -0.326 e. The average Bonchev–Trinajstić information content (AvgIpc) is 3.28. The summed E-state index contributed by atoms with van der Waals surface area (Å²) in [6, 6.07) is 14.4. The zero-order valence-corrected chi connectivity index (χ0v) is 15.7. The fourth-order valence-electron chi connectivity index (χ4n) is 3.17. The predicted molar refractivity (Wildman–Crippen MR) is 106 cm³/mol. The van der Waals surface area contributed by atoms with Gasteiger partial charge in [-0.3, -0.25) is 14.2 Å². The molecule has 28 heavy (non-hydrogen) atoms. The Hall–Kier alpha value is -3.48. The van der Waals surface area contributed by atoms with E-state index in [2.05, 4.69) is 27.8 Å². The number of carbonyl (C=O) groups excluding carboxylic acids is 2. The van der Waals surface area contributed by atoms with Crippen LogP contribution >= 0.6 is 0 Å². The van der Waals surface area contributed by atoms with Crippen molar-refractivity contribution in [3.05, 3.63) is 66.2 Å². The molecule has 1 heterocycles. The van der Waals surface area contributed by atoms with Crippen LogP contribution in [0.15, 0.2) is 54.9 Å². The Balaban J connectivity index is 1.53. The molecule has 2 aromatic carbocycles. The van der Waals surface area contributed by atoms with Gasteiger partial charge in [-0.1, -0.05) is 25.1 Å². The molecule has 2 atom stereocenters. The second kappa shape index (κ2) is 7.26. The van der Waals surface area contributed by atoms with Crippen LogP contribution in [-0.2, 0) is 4.79 Å². The van der Waals surface area contributed by atoms with Crippen LogP contribution in [0, 0.1) is 18.8 Å². The molecule has 0 unspecified atom stereocenters. The molecule has 7 nitrogen and oxygen atoms in total. The molecule has 1 saturated carbocycles. The first-order valence-electron chi connectivity index (χ1n) is 9.21. The number of nitrogens with zero attached hydrogens (tertiary/aromatic N) is 3. The number of carbonyl (C=O) groups is 2. The molecule has 0 bridgehead atoms. The van der Waals surface area contributed by atoms with Crippen LogP contribution in [0.1, 0.15) is 29.5 Å². The van der Waals surface area contributed by atoms with Gasteiger partial charge in [-0.15, -0.1) is 10.2 Å². The van der Waals surface area contributed by atoms with Crippen LogP contribution in [-0.4, -0.2) is 26.6 Å². The topological polar surface area (TPSA) is 88.9 Å². The molecule has 0 spiro atoms. The highest BCUT2D eigenvalue weighted by atomic mass is 16.2. The fourth-order valence-corrected chi connectivity index (χ4v) is 3.17. The van der Waals surface area contributed by atoms with Crippen LogP contribution in [0.3, 0.4) is 0 Å². The summed E-state index contributed by atoms with van der Waals surface area (Å²) in [6.07, 6.45) is 2.53. The lowest BCUT2D eigenvalue weighted by molar-refractivity contribution is -0.117. The molecule has 0 saturated heterocycles. The van der Waals surface area contributed by atoms with Crippen LogP contribution in [0.25, 0.3) is 5.69 Å². The Morgan fingerprint density at radius 1 is 1.11 bits per heavy atom. The number of hydrogen-bond donors (Lipinski definition) is 2. The highest BCUT2D eigenvalue weighted by molar-refractivity contribution is 6.06. The molecule has 2 amide bonds. The number of hydrogen-bond acceptors (Lipinski definition) is 4. The second-order valence-electron chi connectivity index (χ2n) is 7.11. The largest absolute Gasteiger partial charge is 0.326 e. The van der Waals surface area contributed by atoms with Crippen molar-refractivity contribution < 1.29 is 9.59 Å². The molecule has 0 aliphatic heterocycles. The van der Waals surface area contributed by atoms with E-state index < -0.39 is 0 Å². The second-order valence-corrected chi connectivity index (χ2v) is 7.11.